The number of para-hydroxylation sites is 3. The first-order valence-corrected chi connectivity index (χ1v) is 8.36. The number of nitrogens with zero attached hydrogens (tertiary/aromatic N) is 2. The average Bonchev–Trinajstić information content (AvgIpc) is 2.69. The van der Waals surface area contributed by atoms with Crippen LogP contribution in [0.25, 0.3) is 0 Å². The third-order valence-electron chi connectivity index (χ3n) is 4.20. The van der Waals surface area contributed by atoms with Crippen molar-refractivity contribution in [2.75, 3.05) is 44.9 Å². The van der Waals surface area contributed by atoms with Gasteiger partial charge in [0.15, 0.2) is 6.73 Å². The van der Waals surface area contributed by atoms with E-state index in [1.54, 1.807) is 12.0 Å². The van der Waals surface area contributed by atoms with Gasteiger partial charge < -0.3 is 24.6 Å². The minimum absolute atomic E-state index is 0.101. The Morgan fingerprint density at radius 3 is 2.40 bits per heavy atom. The van der Waals surface area contributed by atoms with Crippen LogP contribution in [0.2, 0.25) is 0 Å². The molecule has 6 heteroatoms. The van der Waals surface area contributed by atoms with Crippen molar-refractivity contribution >= 4 is 11.7 Å². The molecule has 0 spiro atoms. The minimum atomic E-state index is -0.101. The van der Waals surface area contributed by atoms with Crippen LogP contribution in [0, 0.1) is 0 Å². The molecule has 2 amide bonds. The highest BCUT2D eigenvalue weighted by Crippen LogP contribution is 2.28. The molecule has 25 heavy (non-hydrogen) atoms. The Bertz CT molecular complexity index is 685. The predicted molar refractivity (Wildman–Crippen MR) is 97.2 cm³/mol. The van der Waals surface area contributed by atoms with Crippen molar-refractivity contribution in [3.63, 3.8) is 0 Å². The van der Waals surface area contributed by atoms with Gasteiger partial charge in [0.1, 0.15) is 11.5 Å². The van der Waals surface area contributed by atoms with Crippen LogP contribution in [0.4, 0.5) is 10.5 Å². The van der Waals surface area contributed by atoms with Crippen LogP contribution in [0.3, 0.4) is 0 Å². The second-order valence-corrected chi connectivity index (χ2v) is 5.73. The Kier molecular flexibility index (Phi) is 5.61. The number of nitrogens with one attached hydrogen (secondary N) is 1. The van der Waals surface area contributed by atoms with Gasteiger partial charge in [-0.2, -0.15) is 0 Å². The van der Waals surface area contributed by atoms with Gasteiger partial charge >= 0.3 is 6.03 Å². The summed E-state index contributed by atoms with van der Waals surface area (Å²) in [5.41, 5.74) is 1.07. The number of hydrogen-bond acceptors (Lipinski definition) is 4. The van der Waals surface area contributed by atoms with Gasteiger partial charge in [-0.25, -0.2) is 4.79 Å². The summed E-state index contributed by atoms with van der Waals surface area (Å²) in [5.74, 6) is 1.60. The summed E-state index contributed by atoms with van der Waals surface area (Å²) in [7, 11) is 1.68. The number of carbonyl (C=O) groups excluding carboxylic acids is 1. The third-order valence-corrected chi connectivity index (χ3v) is 4.20. The van der Waals surface area contributed by atoms with E-state index in [1.807, 2.05) is 54.6 Å². The Balaban J connectivity index is 1.46. The number of piperazine rings is 1. The molecule has 0 saturated carbocycles. The number of rotatable bonds is 5. The van der Waals surface area contributed by atoms with Crippen LogP contribution >= 0.6 is 0 Å². The van der Waals surface area contributed by atoms with Gasteiger partial charge in [-0.3, -0.25) is 0 Å². The van der Waals surface area contributed by atoms with Crippen molar-refractivity contribution in [1.82, 2.24) is 10.2 Å². The van der Waals surface area contributed by atoms with Crippen molar-refractivity contribution in [3.05, 3.63) is 54.6 Å². The van der Waals surface area contributed by atoms with Gasteiger partial charge in [-0.05, 0) is 24.3 Å². The number of methoxy groups -OCH3 is 1. The molecular weight excluding hydrogens is 318 g/mol. The molecule has 1 heterocycles. The van der Waals surface area contributed by atoms with Crippen LogP contribution in [-0.4, -0.2) is 51.0 Å². The lowest BCUT2D eigenvalue weighted by Crippen LogP contribution is -2.52. The summed E-state index contributed by atoms with van der Waals surface area (Å²) in [6.45, 7) is 3.03. The molecule has 1 aliphatic heterocycles. The summed E-state index contributed by atoms with van der Waals surface area (Å²) in [6, 6.07) is 17.3. The smallest absolute Gasteiger partial charge is 0.320 e. The van der Waals surface area contributed by atoms with E-state index in [4.69, 9.17) is 9.47 Å². The first kappa shape index (κ1) is 17.0. The fraction of sp³-hybridized carbons (Fsp3) is 0.316. The van der Waals surface area contributed by atoms with E-state index in [2.05, 4.69) is 10.2 Å². The standard InChI is InChI=1S/C19H23N3O3/c1-24-18-10-6-5-9-17(18)21-11-13-22(14-12-21)19(23)20-15-25-16-7-3-2-4-8-16/h2-10H,11-15H2,1H3,(H,20,23). The lowest BCUT2D eigenvalue weighted by molar-refractivity contribution is 0.181. The van der Waals surface area contributed by atoms with E-state index in [-0.39, 0.29) is 12.8 Å². The van der Waals surface area contributed by atoms with Gasteiger partial charge in [0.2, 0.25) is 0 Å². The maximum atomic E-state index is 12.2. The molecule has 1 fully saturated rings. The summed E-state index contributed by atoms with van der Waals surface area (Å²) >= 11 is 0. The number of amides is 2. The van der Waals surface area contributed by atoms with Crippen molar-refractivity contribution in [2.24, 2.45) is 0 Å². The topological polar surface area (TPSA) is 54.0 Å². The number of ether oxygens (including phenoxy) is 2. The van der Waals surface area contributed by atoms with Crippen molar-refractivity contribution in [3.8, 4) is 11.5 Å². The van der Waals surface area contributed by atoms with Crippen LogP contribution < -0.4 is 19.7 Å². The maximum Gasteiger partial charge on any atom is 0.320 e. The average molecular weight is 341 g/mol. The molecule has 1 saturated heterocycles. The fourth-order valence-corrected chi connectivity index (χ4v) is 2.85. The zero-order chi connectivity index (χ0) is 17.5. The molecule has 6 nitrogen and oxygen atoms in total. The monoisotopic (exact) mass is 341 g/mol. The lowest BCUT2D eigenvalue weighted by Gasteiger charge is -2.36. The van der Waals surface area contributed by atoms with Gasteiger partial charge in [-0.15, -0.1) is 0 Å². The molecule has 3 rings (SSSR count). The Labute approximate surface area is 147 Å². The second-order valence-electron chi connectivity index (χ2n) is 5.73. The molecule has 0 aliphatic carbocycles. The Morgan fingerprint density at radius 2 is 1.68 bits per heavy atom. The van der Waals surface area contributed by atoms with Crippen LogP contribution in [0.5, 0.6) is 11.5 Å². The lowest BCUT2D eigenvalue weighted by atomic mass is 10.2. The van der Waals surface area contributed by atoms with Gasteiger partial charge in [0, 0.05) is 26.2 Å². The Hall–Kier alpha value is -2.89. The van der Waals surface area contributed by atoms with Gasteiger partial charge in [0.05, 0.1) is 12.8 Å². The quantitative estimate of drug-likeness (QED) is 0.849. The van der Waals surface area contributed by atoms with E-state index in [0.717, 1.165) is 30.3 Å². The van der Waals surface area contributed by atoms with Crippen LogP contribution in [0.15, 0.2) is 54.6 Å². The molecule has 0 aromatic heterocycles. The maximum absolute atomic E-state index is 12.2. The molecule has 0 radical (unpaired) electrons. The number of carbonyl (C=O) groups is 1. The minimum Gasteiger partial charge on any atom is -0.495 e. The first-order valence-electron chi connectivity index (χ1n) is 8.36. The van der Waals surface area contributed by atoms with E-state index < -0.39 is 0 Å². The molecule has 1 aliphatic rings. The van der Waals surface area contributed by atoms with Gasteiger partial charge in [0.25, 0.3) is 0 Å². The molecule has 132 valence electrons. The molecular formula is C19H23N3O3. The second kappa shape index (κ2) is 8.28. The molecule has 2 aromatic rings. The zero-order valence-electron chi connectivity index (χ0n) is 14.4. The highest BCUT2D eigenvalue weighted by molar-refractivity contribution is 5.74. The zero-order valence-corrected chi connectivity index (χ0v) is 14.4. The van der Waals surface area contributed by atoms with E-state index in [0.29, 0.717) is 13.1 Å². The molecule has 1 N–H and O–H groups in total. The summed E-state index contributed by atoms with van der Waals surface area (Å²) in [5, 5.41) is 2.80. The summed E-state index contributed by atoms with van der Waals surface area (Å²) in [4.78, 5) is 16.3. The van der Waals surface area contributed by atoms with E-state index in [9.17, 15) is 4.79 Å². The largest absolute Gasteiger partial charge is 0.495 e. The normalized spacial score (nSPS) is 14.1. The van der Waals surface area contributed by atoms with Crippen molar-refractivity contribution in [2.45, 2.75) is 0 Å². The highest BCUT2D eigenvalue weighted by atomic mass is 16.5. The molecule has 0 atom stereocenters. The SMILES string of the molecule is COc1ccccc1N1CCN(C(=O)NCOc2ccccc2)CC1. The number of hydrogen-bond donors (Lipinski definition) is 1. The molecule has 0 bridgehead atoms. The fourth-order valence-electron chi connectivity index (χ4n) is 2.85. The van der Waals surface area contributed by atoms with Gasteiger partial charge in [-0.1, -0.05) is 30.3 Å². The van der Waals surface area contributed by atoms with Crippen LogP contribution in [0.1, 0.15) is 0 Å². The van der Waals surface area contributed by atoms with Crippen molar-refractivity contribution < 1.29 is 14.3 Å². The number of urea groups is 1. The predicted octanol–water partition coefficient (Wildman–Crippen LogP) is 2.56. The van der Waals surface area contributed by atoms with E-state index in [1.165, 1.54) is 0 Å². The number of anilines is 1. The summed E-state index contributed by atoms with van der Waals surface area (Å²) in [6.07, 6.45) is 0. The van der Waals surface area contributed by atoms with Crippen LogP contribution in [-0.2, 0) is 0 Å². The van der Waals surface area contributed by atoms with Crippen molar-refractivity contribution in [1.29, 1.82) is 0 Å². The third kappa shape index (κ3) is 4.35. The number of benzene rings is 2. The Morgan fingerprint density at radius 1 is 1.00 bits per heavy atom. The molecule has 0 unspecified atom stereocenters. The summed E-state index contributed by atoms with van der Waals surface area (Å²) < 4.78 is 10.9. The van der Waals surface area contributed by atoms with E-state index >= 15 is 0 Å². The molecule has 2 aromatic carbocycles. The highest BCUT2D eigenvalue weighted by Gasteiger charge is 2.22. The first-order chi connectivity index (χ1) is 12.3.